The van der Waals surface area contributed by atoms with E-state index in [1.54, 1.807) is 6.07 Å². The standard InChI is InChI=1S/C22H22FN5OS/c1-15-12-27(13-17-4-2-16(11-24)3-5-17)8-9-28(15)14-21(29)26-22-25-19-7-6-18(23)10-20(19)30-22/h2-7,10,15H,8-9,12-14H2,1H3,(H,25,26,29)/t15-/m1/s1. The van der Waals surface area contributed by atoms with Crippen molar-refractivity contribution >= 4 is 32.6 Å². The molecule has 0 spiro atoms. The normalized spacial score (nSPS) is 17.7. The summed E-state index contributed by atoms with van der Waals surface area (Å²) in [7, 11) is 0. The zero-order valence-electron chi connectivity index (χ0n) is 16.6. The average molecular weight is 424 g/mol. The number of carbonyl (C=O) groups excluding carboxylic acids is 1. The molecule has 0 saturated carbocycles. The number of nitrogens with one attached hydrogen (secondary N) is 1. The zero-order chi connectivity index (χ0) is 21.1. The molecule has 1 amide bonds. The minimum atomic E-state index is -0.309. The number of amides is 1. The number of nitrogens with zero attached hydrogens (tertiary/aromatic N) is 4. The highest BCUT2D eigenvalue weighted by atomic mass is 32.1. The summed E-state index contributed by atoms with van der Waals surface area (Å²) in [6, 6.07) is 14.5. The number of nitriles is 1. The third-order valence-corrected chi connectivity index (χ3v) is 6.22. The molecule has 0 radical (unpaired) electrons. The second-order valence-corrected chi connectivity index (χ2v) is 8.57. The molecule has 1 saturated heterocycles. The van der Waals surface area contributed by atoms with Crippen LogP contribution in [0.25, 0.3) is 10.2 Å². The minimum absolute atomic E-state index is 0.109. The Morgan fingerprint density at radius 2 is 2.10 bits per heavy atom. The van der Waals surface area contributed by atoms with Gasteiger partial charge < -0.3 is 5.32 Å². The zero-order valence-corrected chi connectivity index (χ0v) is 17.5. The van der Waals surface area contributed by atoms with Crippen molar-refractivity contribution in [2.45, 2.75) is 19.5 Å². The smallest absolute Gasteiger partial charge is 0.240 e. The maximum Gasteiger partial charge on any atom is 0.240 e. The fourth-order valence-electron chi connectivity index (χ4n) is 3.69. The third-order valence-electron chi connectivity index (χ3n) is 5.28. The summed E-state index contributed by atoms with van der Waals surface area (Å²) in [4.78, 5) is 21.4. The van der Waals surface area contributed by atoms with Gasteiger partial charge >= 0.3 is 0 Å². The Kier molecular flexibility index (Phi) is 6.04. The number of aromatic nitrogens is 1. The van der Waals surface area contributed by atoms with Gasteiger partial charge in [0, 0.05) is 32.2 Å². The Balaban J connectivity index is 1.29. The number of piperazine rings is 1. The van der Waals surface area contributed by atoms with Crippen LogP contribution in [0.3, 0.4) is 0 Å². The number of halogens is 1. The average Bonchev–Trinajstić information content (AvgIpc) is 3.11. The minimum Gasteiger partial charge on any atom is -0.301 e. The second kappa shape index (κ2) is 8.88. The van der Waals surface area contributed by atoms with Crippen LogP contribution in [-0.4, -0.2) is 52.9 Å². The van der Waals surface area contributed by atoms with E-state index in [4.69, 9.17) is 5.26 Å². The lowest BCUT2D eigenvalue weighted by Crippen LogP contribution is -2.53. The van der Waals surface area contributed by atoms with Gasteiger partial charge in [0.1, 0.15) is 5.82 Å². The predicted molar refractivity (Wildman–Crippen MR) is 116 cm³/mol. The van der Waals surface area contributed by atoms with Gasteiger partial charge in [-0.2, -0.15) is 5.26 Å². The van der Waals surface area contributed by atoms with E-state index in [2.05, 4.69) is 33.1 Å². The lowest BCUT2D eigenvalue weighted by atomic mass is 10.1. The molecule has 0 aliphatic carbocycles. The van der Waals surface area contributed by atoms with E-state index in [0.717, 1.165) is 30.9 Å². The summed E-state index contributed by atoms with van der Waals surface area (Å²) in [6.07, 6.45) is 0. The van der Waals surface area contributed by atoms with Gasteiger partial charge in [0.15, 0.2) is 5.13 Å². The van der Waals surface area contributed by atoms with Crippen molar-refractivity contribution in [3.63, 3.8) is 0 Å². The van der Waals surface area contributed by atoms with Crippen LogP contribution in [0.1, 0.15) is 18.1 Å². The van der Waals surface area contributed by atoms with Gasteiger partial charge in [-0.05, 0) is 42.8 Å². The molecule has 154 valence electrons. The Bertz CT molecular complexity index is 1090. The van der Waals surface area contributed by atoms with Crippen molar-refractivity contribution in [3.05, 3.63) is 59.4 Å². The molecule has 1 aliphatic rings. The lowest BCUT2D eigenvalue weighted by molar-refractivity contribution is -0.118. The summed E-state index contributed by atoms with van der Waals surface area (Å²) < 4.78 is 14.0. The first-order valence-corrected chi connectivity index (χ1v) is 10.6. The van der Waals surface area contributed by atoms with Crippen LogP contribution >= 0.6 is 11.3 Å². The summed E-state index contributed by atoms with van der Waals surface area (Å²) in [6.45, 7) is 5.80. The molecule has 4 rings (SSSR count). The highest BCUT2D eigenvalue weighted by molar-refractivity contribution is 7.22. The Labute approximate surface area is 178 Å². The molecular weight excluding hydrogens is 401 g/mol. The van der Waals surface area contributed by atoms with Crippen LogP contribution in [0.5, 0.6) is 0 Å². The molecule has 1 N–H and O–H groups in total. The quantitative estimate of drug-likeness (QED) is 0.681. The van der Waals surface area contributed by atoms with Gasteiger partial charge in [0.25, 0.3) is 0 Å². The van der Waals surface area contributed by atoms with Gasteiger partial charge in [-0.3, -0.25) is 14.6 Å². The first kappa shape index (κ1) is 20.4. The molecule has 1 fully saturated rings. The van der Waals surface area contributed by atoms with E-state index in [1.165, 1.54) is 29.0 Å². The summed E-state index contributed by atoms with van der Waals surface area (Å²) in [5.74, 6) is -0.418. The van der Waals surface area contributed by atoms with Gasteiger partial charge in [0.05, 0.1) is 28.4 Å². The number of benzene rings is 2. The van der Waals surface area contributed by atoms with E-state index in [0.29, 0.717) is 22.8 Å². The Hall–Kier alpha value is -2.86. The van der Waals surface area contributed by atoms with E-state index in [9.17, 15) is 9.18 Å². The number of carbonyl (C=O) groups is 1. The molecule has 6 nitrogen and oxygen atoms in total. The van der Waals surface area contributed by atoms with Crippen LogP contribution in [0.15, 0.2) is 42.5 Å². The SMILES string of the molecule is C[C@@H]1CN(Cc2ccc(C#N)cc2)CCN1CC(=O)Nc1nc2ccc(F)cc2s1. The maximum atomic E-state index is 13.3. The van der Waals surface area contributed by atoms with Gasteiger partial charge in [0.2, 0.25) is 5.91 Å². The predicted octanol–water partition coefficient (Wildman–Crippen LogP) is 3.45. The first-order valence-electron chi connectivity index (χ1n) is 9.81. The van der Waals surface area contributed by atoms with Crippen LogP contribution in [0.2, 0.25) is 0 Å². The summed E-state index contributed by atoms with van der Waals surface area (Å²) in [5, 5.41) is 12.2. The second-order valence-electron chi connectivity index (χ2n) is 7.54. The number of hydrogen-bond acceptors (Lipinski definition) is 6. The molecular formula is C22H22FN5OS. The molecule has 30 heavy (non-hydrogen) atoms. The fraction of sp³-hybridized carbons (Fsp3) is 0.318. The van der Waals surface area contributed by atoms with Crippen molar-refractivity contribution < 1.29 is 9.18 Å². The van der Waals surface area contributed by atoms with Crippen LogP contribution < -0.4 is 5.32 Å². The van der Waals surface area contributed by atoms with Crippen LogP contribution in [0.4, 0.5) is 9.52 Å². The molecule has 1 aliphatic heterocycles. The topological polar surface area (TPSA) is 72.3 Å². The number of fused-ring (bicyclic) bond motifs is 1. The van der Waals surface area contributed by atoms with Crippen LogP contribution in [-0.2, 0) is 11.3 Å². The van der Waals surface area contributed by atoms with Crippen molar-refractivity contribution in [1.82, 2.24) is 14.8 Å². The molecule has 0 bridgehead atoms. The fourth-order valence-corrected chi connectivity index (χ4v) is 4.59. The van der Waals surface area contributed by atoms with E-state index in [1.807, 2.05) is 24.3 Å². The van der Waals surface area contributed by atoms with Gasteiger partial charge in [-0.1, -0.05) is 23.5 Å². The van der Waals surface area contributed by atoms with E-state index >= 15 is 0 Å². The van der Waals surface area contributed by atoms with Gasteiger partial charge in [-0.25, -0.2) is 9.37 Å². The monoisotopic (exact) mass is 423 g/mol. The maximum absolute atomic E-state index is 13.3. The number of hydrogen-bond donors (Lipinski definition) is 1. The van der Waals surface area contributed by atoms with Gasteiger partial charge in [-0.15, -0.1) is 0 Å². The largest absolute Gasteiger partial charge is 0.301 e. The number of rotatable bonds is 5. The van der Waals surface area contributed by atoms with E-state index in [-0.39, 0.29) is 17.8 Å². The summed E-state index contributed by atoms with van der Waals surface area (Å²) in [5.41, 5.74) is 2.53. The van der Waals surface area contributed by atoms with Crippen LogP contribution in [0, 0.1) is 17.1 Å². The molecule has 2 aromatic carbocycles. The van der Waals surface area contributed by atoms with Crippen molar-refractivity contribution in [2.24, 2.45) is 0 Å². The molecule has 8 heteroatoms. The van der Waals surface area contributed by atoms with Crippen molar-refractivity contribution in [3.8, 4) is 6.07 Å². The van der Waals surface area contributed by atoms with E-state index < -0.39 is 0 Å². The Morgan fingerprint density at radius 1 is 1.30 bits per heavy atom. The lowest BCUT2D eigenvalue weighted by Gasteiger charge is -2.39. The number of anilines is 1. The summed E-state index contributed by atoms with van der Waals surface area (Å²) >= 11 is 1.28. The molecule has 3 aromatic rings. The third kappa shape index (κ3) is 4.82. The molecule has 1 atom stereocenters. The van der Waals surface area contributed by atoms with Crippen molar-refractivity contribution in [1.29, 1.82) is 5.26 Å². The first-order chi connectivity index (χ1) is 14.5. The molecule has 0 unspecified atom stereocenters. The highest BCUT2D eigenvalue weighted by Gasteiger charge is 2.25. The highest BCUT2D eigenvalue weighted by Crippen LogP contribution is 2.26. The molecule has 1 aromatic heterocycles. The number of thiazole rings is 1. The molecule has 2 heterocycles. The van der Waals surface area contributed by atoms with Crippen molar-refractivity contribution in [2.75, 3.05) is 31.5 Å². The Morgan fingerprint density at radius 3 is 2.83 bits per heavy atom.